The van der Waals surface area contributed by atoms with Crippen molar-refractivity contribution in [1.82, 2.24) is 5.32 Å². The van der Waals surface area contributed by atoms with Gasteiger partial charge < -0.3 is 10.1 Å². The second kappa shape index (κ2) is 7.81. The maximum absolute atomic E-state index is 5.68. The van der Waals surface area contributed by atoms with Crippen molar-refractivity contribution in [2.24, 2.45) is 0 Å². The highest BCUT2D eigenvalue weighted by molar-refractivity contribution is 7.99. The molecule has 2 unspecified atom stereocenters. The number of benzene rings is 1. The molecule has 1 aromatic rings. The van der Waals surface area contributed by atoms with Gasteiger partial charge in [-0.2, -0.15) is 11.8 Å². The summed E-state index contributed by atoms with van der Waals surface area (Å²) in [4.78, 5) is 0. The second-order valence-corrected chi connectivity index (χ2v) is 6.16. The predicted molar refractivity (Wildman–Crippen MR) is 84.0 cm³/mol. The molecule has 2 rings (SSSR count). The minimum atomic E-state index is 0.651. The van der Waals surface area contributed by atoms with Crippen LogP contribution in [0.15, 0.2) is 24.3 Å². The molecular weight excluding hydrogens is 254 g/mol. The number of hydrogen-bond donors (Lipinski definition) is 1. The van der Waals surface area contributed by atoms with Crippen LogP contribution in [0.25, 0.3) is 0 Å². The van der Waals surface area contributed by atoms with Crippen LogP contribution < -0.4 is 10.1 Å². The highest BCUT2D eigenvalue weighted by Gasteiger charge is 2.23. The smallest absolute Gasteiger partial charge is 0.123 e. The molecule has 1 fully saturated rings. The average molecular weight is 279 g/mol. The van der Waals surface area contributed by atoms with E-state index in [1.54, 1.807) is 0 Å². The van der Waals surface area contributed by atoms with Crippen LogP contribution in [0, 0.1) is 0 Å². The van der Waals surface area contributed by atoms with Gasteiger partial charge in [0.05, 0.1) is 6.61 Å². The van der Waals surface area contributed by atoms with Crippen LogP contribution in [0.2, 0.25) is 0 Å². The lowest BCUT2D eigenvalue weighted by molar-refractivity contribution is 0.331. The monoisotopic (exact) mass is 279 g/mol. The summed E-state index contributed by atoms with van der Waals surface area (Å²) in [5.41, 5.74) is 1.27. The number of hydrogen-bond acceptors (Lipinski definition) is 3. The molecule has 1 N–H and O–H groups in total. The topological polar surface area (TPSA) is 21.3 Å². The summed E-state index contributed by atoms with van der Waals surface area (Å²) >= 11 is 2.01. The molecule has 0 saturated heterocycles. The first-order valence-electron chi connectivity index (χ1n) is 7.32. The molecule has 3 heteroatoms. The maximum Gasteiger partial charge on any atom is 0.123 e. The lowest BCUT2D eigenvalue weighted by Crippen LogP contribution is -2.40. The Balaban J connectivity index is 1.93. The lowest BCUT2D eigenvalue weighted by Gasteiger charge is -2.31. The summed E-state index contributed by atoms with van der Waals surface area (Å²) in [7, 11) is 0. The van der Waals surface area contributed by atoms with Crippen molar-refractivity contribution in [2.45, 2.75) is 50.4 Å². The number of para-hydroxylation sites is 1. The number of nitrogens with one attached hydrogen (secondary N) is 1. The van der Waals surface area contributed by atoms with Crippen LogP contribution >= 0.6 is 11.8 Å². The van der Waals surface area contributed by atoms with E-state index in [-0.39, 0.29) is 0 Å². The van der Waals surface area contributed by atoms with Crippen LogP contribution in [0.1, 0.15) is 38.2 Å². The SMILES string of the molecule is CCOc1ccccc1CNC1CCCCC1SC. The van der Waals surface area contributed by atoms with E-state index in [1.807, 2.05) is 24.8 Å². The molecule has 0 aromatic heterocycles. The number of rotatable bonds is 6. The quantitative estimate of drug-likeness (QED) is 0.854. The fraction of sp³-hybridized carbons (Fsp3) is 0.625. The van der Waals surface area contributed by atoms with Gasteiger partial charge >= 0.3 is 0 Å². The van der Waals surface area contributed by atoms with E-state index < -0.39 is 0 Å². The first-order chi connectivity index (χ1) is 9.35. The Kier molecular flexibility index (Phi) is 6.05. The summed E-state index contributed by atoms with van der Waals surface area (Å²) in [5, 5.41) is 4.51. The predicted octanol–water partition coefficient (Wildman–Crippen LogP) is 3.85. The lowest BCUT2D eigenvalue weighted by atomic mass is 9.94. The fourth-order valence-electron chi connectivity index (χ4n) is 2.80. The second-order valence-electron chi connectivity index (χ2n) is 5.09. The first kappa shape index (κ1) is 14.7. The summed E-state index contributed by atoms with van der Waals surface area (Å²) in [6.45, 7) is 3.68. The van der Waals surface area contributed by atoms with Gasteiger partial charge in [-0.05, 0) is 32.1 Å². The van der Waals surface area contributed by atoms with E-state index in [0.717, 1.165) is 24.2 Å². The molecule has 0 spiro atoms. The average Bonchev–Trinajstić information content (AvgIpc) is 2.47. The third-order valence-electron chi connectivity index (χ3n) is 3.83. The van der Waals surface area contributed by atoms with Crippen LogP contribution in [-0.2, 0) is 6.54 Å². The van der Waals surface area contributed by atoms with E-state index in [2.05, 4.69) is 29.8 Å². The standard InChI is InChI=1S/C16H25NOS/c1-3-18-15-10-6-4-8-13(15)12-17-14-9-5-7-11-16(14)19-2/h4,6,8,10,14,16-17H,3,5,7,9,11-12H2,1-2H3. The van der Waals surface area contributed by atoms with Crippen LogP contribution in [0.3, 0.4) is 0 Å². The zero-order chi connectivity index (χ0) is 13.5. The van der Waals surface area contributed by atoms with Crippen molar-refractivity contribution < 1.29 is 4.74 Å². The Morgan fingerprint density at radius 3 is 2.84 bits per heavy atom. The Morgan fingerprint density at radius 2 is 2.05 bits per heavy atom. The molecule has 1 aliphatic carbocycles. The molecule has 1 aliphatic rings. The third kappa shape index (κ3) is 4.15. The molecule has 1 aromatic carbocycles. The molecular formula is C16H25NOS. The van der Waals surface area contributed by atoms with Gasteiger partial charge in [0.25, 0.3) is 0 Å². The molecule has 2 nitrogen and oxygen atoms in total. The van der Waals surface area contributed by atoms with Crippen molar-refractivity contribution in [1.29, 1.82) is 0 Å². The normalized spacial score (nSPS) is 23.3. The van der Waals surface area contributed by atoms with E-state index in [1.165, 1.54) is 31.2 Å². The van der Waals surface area contributed by atoms with Gasteiger partial charge in [0.2, 0.25) is 0 Å². The first-order valence-corrected chi connectivity index (χ1v) is 8.60. The van der Waals surface area contributed by atoms with E-state index in [0.29, 0.717) is 6.04 Å². The Labute approximate surface area is 121 Å². The van der Waals surface area contributed by atoms with Gasteiger partial charge in [0.1, 0.15) is 5.75 Å². The van der Waals surface area contributed by atoms with Crippen molar-refractivity contribution in [3.05, 3.63) is 29.8 Å². The van der Waals surface area contributed by atoms with Gasteiger partial charge in [-0.1, -0.05) is 31.0 Å². The molecule has 106 valence electrons. The van der Waals surface area contributed by atoms with Crippen molar-refractivity contribution in [3.8, 4) is 5.75 Å². The summed E-state index contributed by atoms with van der Waals surface area (Å²) in [6, 6.07) is 9.01. The minimum absolute atomic E-state index is 0.651. The minimum Gasteiger partial charge on any atom is -0.494 e. The number of ether oxygens (including phenoxy) is 1. The van der Waals surface area contributed by atoms with Crippen LogP contribution in [-0.4, -0.2) is 24.2 Å². The Bertz CT molecular complexity index is 383. The highest BCUT2D eigenvalue weighted by atomic mass is 32.2. The van der Waals surface area contributed by atoms with Gasteiger partial charge in [0.15, 0.2) is 0 Å². The van der Waals surface area contributed by atoms with E-state index in [9.17, 15) is 0 Å². The molecule has 0 radical (unpaired) electrons. The van der Waals surface area contributed by atoms with Gasteiger partial charge in [-0.25, -0.2) is 0 Å². The van der Waals surface area contributed by atoms with Crippen molar-refractivity contribution in [2.75, 3.05) is 12.9 Å². The van der Waals surface area contributed by atoms with Gasteiger partial charge in [-0.3, -0.25) is 0 Å². The van der Waals surface area contributed by atoms with Crippen LogP contribution in [0.5, 0.6) is 5.75 Å². The van der Waals surface area contributed by atoms with E-state index in [4.69, 9.17) is 4.74 Å². The van der Waals surface area contributed by atoms with Crippen molar-refractivity contribution in [3.63, 3.8) is 0 Å². The molecule has 2 atom stereocenters. The van der Waals surface area contributed by atoms with Crippen molar-refractivity contribution >= 4 is 11.8 Å². The fourth-order valence-corrected chi connectivity index (χ4v) is 3.76. The third-order valence-corrected chi connectivity index (χ3v) is 5.00. The largest absolute Gasteiger partial charge is 0.494 e. The molecule has 0 amide bonds. The zero-order valence-corrected chi connectivity index (χ0v) is 12.8. The van der Waals surface area contributed by atoms with E-state index >= 15 is 0 Å². The molecule has 0 bridgehead atoms. The number of thioether (sulfide) groups is 1. The molecule has 1 saturated carbocycles. The summed E-state index contributed by atoms with van der Waals surface area (Å²) < 4.78 is 5.68. The molecule has 19 heavy (non-hydrogen) atoms. The summed E-state index contributed by atoms with van der Waals surface area (Å²) in [6.07, 6.45) is 7.65. The van der Waals surface area contributed by atoms with Gasteiger partial charge in [-0.15, -0.1) is 0 Å². The summed E-state index contributed by atoms with van der Waals surface area (Å²) in [5.74, 6) is 1.02. The molecule has 0 aliphatic heterocycles. The van der Waals surface area contributed by atoms with Crippen LogP contribution in [0.4, 0.5) is 0 Å². The maximum atomic E-state index is 5.68. The Hall–Kier alpha value is -0.670. The van der Waals surface area contributed by atoms with Gasteiger partial charge in [0, 0.05) is 23.4 Å². The highest BCUT2D eigenvalue weighted by Crippen LogP contribution is 2.28. The molecule has 0 heterocycles. The zero-order valence-electron chi connectivity index (χ0n) is 12.0. The Morgan fingerprint density at radius 1 is 1.26 bits per heavy atom.